The van der Waals surface area contributed by atoms with E-state index in [1.807, 2.05) is 12.1 Å². The molecule has 20 heavy (non-hydrogen) atoms. The maximum absolute atomic E-state index is 12.4. The first-order valence-corrected chi connectivity index (χ1v) is 7.08. The van der Waals surface area contributed by atoms with Gasteiger partial charge in [0.1, 0.15) is 5.60 Å². The fourth-order valence-corrected chi connectivity index (χ4v) is 3.26. The number of ether oxygens (including phenoxy) is 1. The fraction of sp³-hybridized carbons (Fsp3) is 0.533. The molecule has 1 aromatic heterocycles. The molecule has 1 N–H and O–H groups in total. The number of hydrogen-bond acceptors (Lipinski definition) is 4. The van der Waals surface area contributed by atoms with Crippen molar-refractivity contribution in [3.05, 3.63) is 30.1 Å². The maximum Gasteiger partial charge on any atom is 0.307 e. The Labute approximate surface area is 117 Å². The molecule has 1 saturated carbocycles. The van der Waals surface area contributed by atoms with E-state index in [9.17, 15) is 9.59 Å². The first-order valence-electron chi connectivity index (χ1n) is 7.08. The molecule has 1 saturated heterocycles. The van der Waals surface area contributed by atoms with Crippen LogP contribution in [0.4, 0.5) is 0 Å². The number of nitrogens with zero attached hydrogens (tertiary/aromatic N) is 1. The molecule has 1 atom stereocenters. The third-order valence-corrected chi connectivity index (χ3v) is 4.28. The number of esters is 1. The predicted molar refractivity (Wildman–Crippen MR) is 71.5 cm³/mol. The van der Waals surface area contributed by atoms with Crippen molar-refractivity contribution >= 4 is 11.9 Å². The van der Waals surface area contributed by atoms with Crippen molar-refractivity contribution in [2.24, 2.45) is 5.92 Å². The van der Waals surface area contributed by atoms with Gasteiger partial charge in [0, 0.05) is 18.9 Å². The van der Waals surface area contributed by atoms with Crippen molar-refractivity contribution in [2.45, 2.75) is 44.2 Å². The largest absolute Gasteiger partial charge is 0.458 e. The van der Waals surface area contributed by atoms with Crippen LogP contribution in [0.25, 0.3) is 0 Å². The first-order chi connectivity index (χ1) is 9.70. The average molecular weight is 274 g/mol. The number of hydrogen-bond donors (Lipinski definition) is 1. The Hall–Kier alpha value is -1.91. The molecule has 1 spiro atoms. The van der Waals surface area contributed by atoms with E-state index in [-0.39, 0.29) is 24.2 Å². The molecule has 0 aromatic carbocycles. The zero-order chi connectivity index (χ0) is 14.0. The number of nitrogens with one attached hydrogen (secondary N) is 1. The number of carbonyl (C=O) groups is 2. The van der Waals surface area contributed by atoms with Crippen LogP contribution in [0.3, 0.4) is 0 Å². The SMILES string of the molecule is O=C1C[C@H](C(=O)NCc2cccnc2)C2(CCCC2)O1. The van der Waals surface area contributed by atoms with Crippen molar-refractivity contribution < 1.29 is 14.3 Å². The van der Waals surface area contributed by atoms with Gasteiger partial charge in [-0.05, 0) is 37.3 Å². The molecule has 1 aliphatic heterocycles. The summed E-state index contributed by atoms with van der Waals surface area (Å²) in [5, 5.41) is 2.90. The highest BCUT2D eigenvalue weighted by Crippen LogP contribution is 2.45. The Bertz CT molecular complexity index is 509. The predicted octanol–water partition coefficient (Wildman–Crippen LogP) is 1.57. The van der Waals surface area contributed by atoms with Gasteiger partial charge in [0.15, 0.2) is 0 Å². The summed E-state index contributed by atoms with van der Waals surface area (Å²) in [6.45, 7) is 0.438. The standard InChI is InChI=1S/C15H18N2O3/c18-13-8-12(15(20-13)5-1-2-6-15)14(19)17-10-11-4-3-7-16-9-11/h3-4,7,9,12H,1-2,5-6,8,10H2,(H,17,19)/t12-/m1/s1. The number of rotatable bonds is 3. The molecule has 2 heterocycles. The zero-order valence-electron chi connectivity index (χ0n) is 11.3. The van der Waals surface area contributed by atoms with Gasteiger partial charge in [-0.1, -0.05) is 6.07 Å². The van der Waals surface area contributed by atoms with E-state index in [0.29, 0.717) is 6.54 Å². The summed E-state index contributed by atoms with van der Waals surface area (Å²) in [7, 11) is 0. The van der Waals surface area contributed by atoms with E-state index in [1.165, 1.54) is 0 Å². The molecular weight excluding hydrogens is 256 g/mol. The van der Waals surface area contributed by atoms with Crippen LogP contribution in [0, 0.1) is 5.92 Å². The number of pyridine rings is 1. The first kappa shape index (κ1) is 13.1. The van der Waals surface area contributed by atoms with Crippen LogP contribution < -0.4 is 5.32 Å². The molecule has 1 aromatic rings. The highest BCUT2D eigenvalue weighted by molar-refractivity contribution is 5.87. The quantitative estimate of drug-likeness (QED) is 0.850. The molecule has 0 bridgehead atoms. The van der Waals surface area contributed by atoms with Gasteiger partial charge in [0.2, 0.25) is 5.91 Å². The summed E-state index contributed by atoms with van der Waals surface area (Å²) in [5.41, 5.74) is 0.419. The van der Waals surface area contributed by atoms with Crippen LogP contribution in [0.5, 0.6) is 0 Å². The summed E-state index contributed by atoms with van der Waals surface area (Å²) in [6.07, 6.45) is 7.30. The Balaban J connectivity index is 1.65. The van der Waals surface area contributed by atoms with E-state index in [2.05, 4.69) is 10.3 Å². The second kappa shape index (κ2) is 5.23. The maximum atomic E-state index is 12.4. The minimum Gasteiger partial charge on any atom is -0.458 e. The Morgan fingerprint density at radius 2 is 2.25 bits per heavy atom. The number of aromatic nitrogens is 1. The molecule has 2 fully saturated rings. The van der Waals surface area contributed by atoms with E-state index in [1.54, 1.807) is 12.4 Å². The molecule has 3 rings (SSSR count). The second-order valence-corrected chi connectivity index (χ2v) is 5.58. The van der Waals surface area contributed by atoms with Crippen molar-refractivity contribution in [1.82, 2.24) is 10.3 Å². The average Bonchev–Trinajstić information content (AvgIpc) is 3.05. The fourth-order valence-electron chi connectivity index (χ4n) is 3.26. The van der Waals surface area contributed by atoms with Crippen molar-refractivity contribution in [2.75, 3.05) is 0 Å². The normalized spacial score (nSPS) is 23.8. The lowest BCUT2D eigenvalue weighted by Gasteiger charge is -2.27. The molecule has 1 aliphatic carbocycles. The second-order valence-electron chi connectivity index (χ2n) is 5.58. The molecule has 1 amide bonds. The molecular formula is C15H18N2O3. The zero-order valence-corrected chi connectivity index (χ0v) is 11.3. The van der Waals surface area contributed by atoms with Gasteiger partial charge in [-0.25, -0.2) is 0 Å². The van der Waals surface area contributed by atoms with Crippen LogP contribution >= 0.6 is 0 Å². The van der Waals surface area contributed by atoms with Gasteiger partial charge >= 0.3 is 5.97 Å². The molecule has 106 valence electrons. The van der Waals surface area contributed by atoms with Crippen molar-refractivity contribution in [3.63, 3.8) is 0 Å². The summed E-state index contributed by atoms with van der Waals surface area (Å²) in [5.74, 6) is -0.663. The smallest absolute Gasteiger partial charge is 0.307 e. The molecule has 5 heteroatoms. The van der Waals surface area contributed by atoms with E-state index >= 15 is 0 Å². The molecule has 0 unspecified atom stereocenters. The Morgan fingerprint density at radius 3 is 2.95 bits per heavy atom. The lowest BCUT2D eigenvalue weighted by atomic mass is 9.85. The van der Waals surface area contributed by atoms with Crippen LogP contribution in [-0.2, 0) is 20.9 Å². The van der Waals surface area contributed by atoms with Gasteiger partial charge in [-0.15, -0.1) is 0 Å². The summed E-state index contributed by atoms with van der Waals surface area (Å²) >= 11 is 0. The molecule has 2 aliphatic rings. The number of carbonyl (C=O) groups excluding carboxylic acids is 2. The lowest BCUT2D eigenvalue weighted by Crippen LogP contribution is -2.42. The van der Waals surface area contributed by atoms with Crippen molar-refractivity contribution in [1.29, 1.82) is 0 Å². The highest BCUT2D eigenvalue weighted by atomic mass is 16.6. The van der Waals surface area contributed by atoms with E-state index in [4.69, 9.17) is 4.74 Å². The van der Waals surface area contributed by atoms with Crippen LogP contribution in [0.15, 0.2) is 24.5 Å². The molecule has 5 nitrogen and oxygen atoms in total. The van der Waals surface area contributed by atoms with Gasteiger partial charge in [-0.3, -0.25) is 14.6 Å². The van der Waals surface area contributed by atoms with Gasteiger partial charge < -0.3 is 10.1 Å². The topological polar surface area (TPSA) is 68.3 Å². The summed E-state index contributed by atoms with van der Waals surface area (Å²) in [4.78, 5) is 28.0. The number of amides is 1. The Kier molecular flexibility index (Phi) is 3.42. The lowest BCUT2D eigenvalue weighted by molar-refractivity contribution is -0.149. The molecule has 0 radical (unpaired) electrons. The van der Waals surface area contributed by atoms with E-state index < -0.39 is 5.60 Å². The van der Waals surface area contributed by atoms with Gasteiger partial charge in [-0.2, -0.15) is 0 Å². The van der Waals surface area contributed by atoms with Gasteiger partial charge in [0.25, 0.3) is 0 Å². The minimum absolute atomic E-state index is 0.0818. The van der Waals surface area contributed by atoms with Crippen LogP contribution in [0.1, 0.15) is 37.7 Å². The third kappa shape index (κ3) is 2.40. The third-order valence-electron chi connectivity index (χ3n) is 4.28. The Morgan fingerprint density at radius 1 is 1.45 bits per heavy atom. The highest BCUT2D eigenvalue weighted by Gasteiger charge is 2.53. The van der Waals surface area contributed by atoms with Crippen LogP contribution in [0.2, 0.25) is 0 Å². The van der Waals surface area contributed by atoms with Crippen molar-refractivity contribution in [3.8, 4) is 0 Å². The van der Waals surface area contributed by atoms with E-state index in [0.717, 1.165) is 31.2 Å². The summed E-state index contributed by atoms with van der Waals surface area (Å²) in [6, 6.07) is 3.75. The van der Waals surface area contributed by atoms with Crippen LogP contribution in [-0.4, -0.2) is 22.5 Å². The minimum atomic E-state index is -0.532. The summed E-state index contributed by atoms with van der Waals surface area (Å²) < 4.78 is 5.48. The van der Waals surface area contributed by atoms with Gasteiger partial charge in [0.05, 0.1) is 12.3 Å². The monoisotopic (exact) mass is 274 g/mol.